The Balaban J connectivity index is 1.74. The van der Waals surface area contributed by atoms with Gasteiger partial charge in [-0.1, -0.05) is 12.1 Å². The highest BCUT2D eigenvalue weighted by atomic mass is 32.1. The molecule has 2 heterocycles. The Morgan fingerprint density at radius 1 is 1.20 bits per heavy atom. The van der Waals surface area contributed by atoms with Gasteiger partial charge in [-0.15, -0.1) is 21.5 Å². The van der Waals surface area contributed by atoms with E-state index in [0.717, 1.165) is 11.0 Å². The third kappa shape index (κ3) is 2.54. The molecule has 0 fully saturated rings. The number of rotatable bonds is 4. The Hall–Kier alpha value is -2.61. The normalized spacial score (nSPS) is 10.6. The predicted octanol–water partition coefficient (Wildman–Crippen LogP) is 1.79. The van der Waals surface area contributed by atoms with E-state index in [4.69, 9.17) is 5.11 Å². The number of benzene rings is 1. The molecule has 0 aliphatic heterocycles. The lowest BCUT2D eigenvalue weighted by Gasteiger charge is -2.02. The molecule has 0 spiro atoms. The fourth-order valence-corrected chi connectivity index (χ4v) is 2.31. The number of hydrogen-bond acceptors (Lipinski definition) is 7. The first kappa shape index (κ1) is 12.4. The van der Waals surface area contributed by atoms with Gasteiger partial charge in [-0.3, -0.25) is 0 Å². The van der Waals surface area contributed by atoms with E-state index >= 15 is 0 Å². The van der Waals surface area contributed by atoms with Crippen molar-refractivity contribution in [3.05, 3.63) is 40.3 Å². The third-order valence-electron chi connectivity index (χ3n) is 2.53. The zero-order valence-electron chi connectivity index (χ0n) is 10.1. The standard InChI is InChI=1S/C12H9N5O2S/c18-11(19)9-6-20-10(14-9)5-13-12-15-7-3-1-2-4-8(7)16-17-12/h1-4,6H,5H2,(H,18,19)(H,13,15,17). The molecule has 0 aliphatic rings. The van der Waals surface area contributed by atoms with Crippen LogP contribution >= 0.6 is 11.3 Å². The van der Waals surface area contributed by atoms with Crippen molar-refractivity contribution in [1.29, 1.82) is 0 Å². The summed E-state index contributed by atoms with van der Waals surface area (Å²) in [5, 5.41) is 21.9. The number of hydrogen-bond donors (Lipinski definition) is 2. The van der Waals surface area contributed by atoms with Crippen LogP contribution in [0, 0.1) is 0 Å². The molecule has 0 aliphatic carbocycles. The molecule has 7 nitrogen and oxygen atoms in total. The number of fused-ring (bicyclic) bond motifs is 1. The Morgan fingerprint density at radius 2 is 2.00 bits per heavy atom. The Morgan fingerprint density at radius 3 is 2.75 bits per heavy atom. The van der Waals surface area contributed by atoms with E-state index in [9.17, 15) is 4.79 Å². The smallest absolute Gasteiger partial charge is 0.355 e. The zero-order valence-corrected chi connectivity index (χ0v) is 11.0. The molecule has 0 atom stereocenters. The average Bonchev–Trinajstić information content (AvgIpc) is 2.94. The van der Waals surface area contributed by atoms with Crippen LogP contribution in [0.2, 0.25) is 0 Å². The summed E-state index contributed by atoms with van der Waals surface area (Å²) >= 11 is 1.27. The van der Waals surface area contributed by atoms with Gasteiger partial charge in [-0.2, -0.15) is 0 Å². The van der Waals surface area contributed by atoms with Gasteiger partial charge in [0.25, 0.3) is 0 Å². The fourth-order valence-electron chi connectivity index (χ4n) is 1.60. The number of carboxylic acid groups (broad SMARTS) is 1. The Labute approximate surface area is 117 Å². The monoisotopic (exact) mass is 287 g/mol. The molecule has 0 saturated heterocycles. The Kier molecular flexibility index (Phi) is 3.21. The van der Waals surface area contributed by atoms with Gasteiger partial charge < -0.3 is 10.4 Å². The van der Waals surface area contributed by atoms with Crippen molar-refractivity contribution in [2.24, 2.45) is 0 Å². The molecule has 20 heavy (non-hydrogen) atoms. The van der Waals surface area contributed by atoms with Gasteiger partial charge in [0.05, 0.1) is 12.1 Å². The fraction of sp³-hybridized carbons (Fsp3) is 0.0833. The molecule has 3 aromatic rings. The molecule has 0 radical (unpaired) electrons. The first-order chi connectivity index (χ1) is 9.72. The molecule has 0 saturated carbocycles. The first-order valence-corrected chi connectivity index (χ1v) is 6.61. The predicted molar refractivity (Wildman–Crippen MR) is 73.7 cm³/mol. The van der Waals surface area contributed by atoms with Crippen LogP contribution < -0.4 is 5.32 Å². The molecule has 2 aromatic heterocycles. The zero-order chi connectivity index (χ0) is 13.9. The van der Waals surface area contributed by atoms with Gasteiger partial charge in [-0.25, -0.2) is 14.8 Å². The maximum atomic E-state index is 10.7. The van der Waals surface area contributed by atoms with Crippen LogP contribution in [0.25, 0.3) is 11.0 Å². The van der Waals surface area contributed by atoms with E-state index in [1.165, 1.54) is 16.7 Å². The van der Waals surface area contributed by atoms with Crippen LogP contribution in [0.15, 0.2) is 29.6 Å². The van der Waals surface area contributed by atoms with Crippen molar-refractivity contribution in [3.63, 3.8) is 0 Å². The largest absolute Gasteiger partial charge is 0.476 e. The topological polar surface area (TPSA) is 101 Å². The van der Waals surface area contributed by atoms with Crippen LogP contribution in [-0.4, -0.2) is 31.2 Å². The minimum absolute atomic E-state index is 0.0457. The lowest BCUT2D eigenvalue weighted by molar-refractivity contribution is 0.0691. The maximum absolute atomic E-state index is 10.7. The summed E-state index contributed by atoms with van der Waals surface area (Å²) in [6.07, 6.45) is 0. The van der Waals surface area contributed by atoms with Crippen molar-refractivity contribution < 1.29 is 9.90 Å². The molecule has 0 bridgehead atoms. The number of nitrogens with zero attached hydrogens (tertiary/aromatic N) is 4. The van der Waals surface area contributed by atoms with E-state index in [1.807, 2.05) is 24.3 Å². The van der Waals surface area contributed by atoms with Gasteiger partial charge in [0.2, 0.25) is 5.95 Å². The van der Waals surface area contributed by atoms with Gasteiger partial charge in [0.15, 0.2) is 5.69 Å². The van der Waals surface area contributed by atoms with Gasteiger partial charge in [-0.05, 0) is 12.1 Å². The number of nitrogens with one attached hydrogen (secondary N) is 1. The number of para-hydroxylation sites is 1. The number of aromatic nitrogens is 4. The number of carboxylic acids is 1. The highest BCUT2D eigenvalue weighted by Crippen LogP contribution is 2.12. The lowest BCUT2D eigenvalue weighted by Crippen LogP contribution is -2.05. The molecule has 1 aromatic carbocycles. The maximum Gasteiger partial charge on any atom is 0.355 e. The summed E-state index contributed by atoms with van der Waals surface area (Å²) in [4.78, 5) is 19.0. The SMILES string of the molecule is O=C(O)c1csc(CNc2nnc3ccccc3n2)n1. The van der Waals surface area contributed by atoms with Crippen LogP contribution in [0.1, 0.15) is 15.5 Å². The second-order valence-electron chi connectivity index (χ2n) is 3.91. The quantitative estimate of drug-likeness (QED) is 0.754. The highest BCUT2D eigenvalue weighted by molar-refractivity contribution is 7.09. The number of thiazole rings is 1. The van der Waals surface area contributed by atoms with Crippen LogP contribution in [0.5, 0.6) is 0 Å². The number of carbonyl (C=O) groups is 1. The van der Waals surface area contributed by atoms with Crippen LogP contribution in [0.4, 0.5) is 5.95 Å². The van der Waals surface area contributed by atoms with Gasteiger partial charge in [0.1, 0.15) is 10.5 Å². The summed E-state index contributed by atoms with van der Waals surface area (Å²) < 4.78 is 0. The van der Waals surface area contributed by atoms with Crippen LogP contribution in [-0.2, 0) is 6.54 Å². The van der Waals surface area contributed by atoms with Crippen molar-refractivity contribution >= 4 is 34.3 Å². The molecular formula is C12H9N5O2S. The molecular weight excluding hydrogens is 278 g/mol. The summed E-state index contributed by atoms with van der Waals surface area (Å²) in [5.74, 6) is -0.646. The highest BCUT2D eigenvalue weighted by Gasteiger charge is 2.09. The summed E-state index contributed by atoms with van der Waals surface area (Å²) in [5.41, 5.74) is 1.51. The molecule has 0 unspecified atom stereocenters. The molecule has 100 valence electrons. The van der Waals surface area contributed by atoms with E-state index in [0.29, 0.717) is 17.5 Å². The lowest BCUT2D eigenvalue weighted by atomic mass is 10.3. The number of aromatic carboxylic acids is 1. The minimum atomic E-state index is -1.03. The Bertz CT molecular complexity index is 773. The second-order valence-corrected chi connectivity index (χ2v) is 4.85. The average molecular weight is 287 g/mol. The summed E-state index contributed by atoms with van der Waals surface area (Å²) in [7, 11) is 0. The van der Waals surface area contributed by atoms with E-state index in [-0.39, 0.29) is 5.69 Å². The van der Waals surface area contributed by atoms with E-state index in [1.54, 1.807) is 0 Å². The van der Waals surface area contributed by atoms with Crippen LogP contribution in [0.3, 0.4) is 0 Å². The molecule has 0 amide bonds. The molecule has 8 heteroatoms. The van der Waals surface area contributed by atoms with E-state index in [2.05, 4.69) is 25.5 Å². The second kappa shape index (κ2) is 5.17. The first-order valence-electron chi connectivity index (χ1n) is 5.73. The third-order valence-corrected chi connectivity index (χ3v) is 3.38. The van der Waals surface area contributed by atoms with Gasteiger partial charge >= 0.3 is 5.97 Å². The molecule has 3 rings (SSSR count). The van der Waals surface area contributed by atoms with Gasteiger partial charge in [0, 0.05) is 5.38 Å². The summed E-state index contributed by atoms with van der Waals surface area (Å²) in [6, 6.07) is 7.43. The van der Waals surface area contributed by atoms with Crippen molar-refractivity contribution in [3.8, 4) is 0 Å². The van der Waals surface area contributed by atoms with E-state index < -0.39 is 5.97 Å². The molecule has 2 N–H and O–H groups in total. The number of anilines is 1. The van der Waals surface area contributed by atoms with Crippen molar-refractivity contribution in [1.82, 2.24) is 20.2 Å². The van der Waals surface area contributed by atoms with Crippen molar-refractivity contribution in [2.75, 3.05) is 5.32 Å². The minimum Gasteiger partial charge on any atom is -0.476 e. The summed E-state index contributed by atoms with van der Waals surface area (Å²) in [6.45, 7) is 0.359. The van der Waals surface area contributed by atoms with Crippen molar-refractivity contribution in [2.45, 2.75) is 6.54 Å².